The summed E-state index contributed by atoms with van der Waals surface area (Å²) in [7, 11) is 0. The highest BCUT2D eigenvalue weighted by Crippen LogP contribution is 2.30. The first-order valence-electron chi connectivity index (χ1n) is 11.4. The van der Waals surface area contributed by atoms with Gasteiger partial charge in [-0.3, -0.25) is 0 Å². The number of nitrogens with one attached hydrogen (secondary N) is 4. The Morgan fingerprint density at radius 2 is 0.895 bits per heavy atom. The van der Waals surface area contributed by atoms with Gasteiger partial charge in [0, 0.05) is 22.7 Å². The number of rotatable bonds is 5. The molecule has 0 aliphatic rings. The van der Waals surface area contributed by atoms with E-state index in [1.165, 1.54) is 0 Å². The first kappa shape index (κ1) is 27.6. The van der Waals surface area contributed by atoms with Crippen molar-refractivity contribution in [1.82, 2.24) is 0 Å². The van der Waals surface area contributed by atoms with Gasteiger partial charge in [0.2, 0.25) is 0 Å². The Labute approximate surface area is 240 Å². The first-order chi connectivity index (χ1) is 18.1. The maximum atomic E-state index is 12.5. The van der Waals surface area contributed by atoms with Crippen molar-refractivity contribution in [2.45, 2.75) is 13.8 Å². The summed E-state index contributed by atoms with van der Waals surface area (Å²) < 4.78 is 0. The molecule has 4 amide bonds. The van der Waals surface area contributed by atoms with Crippen LogP contribution in [-0.2, 0) is 0 Å². The van der Waals surface area contributed by atoms with Gasteiger partial charge in [-0.05, 0) is 96.8 Å². The lowest BCUT2D eigenvalue weighted by molar-refractivity contribution is 0.261. The molecular formula is C28H22Cl4N4O2. The van der Waals surface area contributed by atoms with E-state index in [9.17, 15) is 9.59 Å². The molecule has 0 unspecified atom stereocenters. The molecule has 0 radical (unpaired) electrons. The van der Waals surface area contributed by atoms with E-state index in [0.29, 0.717) is 42.8 Å². The normalized spacial score (nSPS) is 10.6. The summed E-state index contributed by atoms with van der Waals surface area (Å²) in [4.78, 5) is 24.9. The molecule has 0 heterocycles. The van der Waals surface area contributed by atoms with Gasteiger partial charge >= 0.3 is 12.1 Å². The van der Waals surface area contributed by atoms with Crippen LogP contribution in [0.15, 0.2) is 72.8 Å². The van der Waals surface area contributed by atoms with Crippen molar-refractivity contribution in [3.8, 4) is 11.1 Å². The molecule has 38 heavy (non-hydrogen) atoms. The minimum atomic E-state index is -0.398. The quantitative estimate of drug-likeness (QED) is 0.187. The van der Waals surface area contributed by atoms with E-state index in [-0.39, 0.29) is 0 Å². The monoisotopic (exact) mass is 586 g/mol. The van der Waals surface area contributed by atoms with Crippen molar-refractivity contribution in [2.75, 3.05) is 21.3 Å². The molecule has 4 aromatic carbocycles. The van der Waals surface area contributed by atoms with Crippen LogP contribution in [0.1, 0.15) is 11.1 Å². The predicted octanol–water partition coefficient (Wildman–Crippen LogP) is 9.87. The summed E-state index contributed by atoms with van der Waals surface area (Å²) in [5.41, 5.74) is 6.09. The van der Waals surface area contributed by atoms with E-state index in [4.69, 9.17) is 46.4 Å². The second-order valence-corrected chi connectivity index (χ2v) is 10.1. The van der Waals surface area contributed by atoms with Crippen LogP contribution in [-0.4, -0.2) is 12.1 Å². The van der Waals surface area contributed by atoms with Crippen molar-refractivity contribution in [3.05, 3.63) is 104 Å². The van der Waals surface area contributed by atoms with Crippen molar-refractivity contribution in [1.29, 1.82) is 0 Å². The second kappa shape index (κ2) is 12.0. The Morgan fingerprint density at radius 3 is 1.24 bits per heavy atom. The molecule has 0 saturated carbocycles. The summed E-state index contributed by atoms with van der Waals surface area (Å²) >= 11 is 23.9. The zero-order chi connectivity index (χ0) is 27.4. The number of aryl methyl sites for hydroxylation is 2. The molecule has 0 bridgehead atoms. The first-order valence-corrected chi connectivity index (χ1v) is 12.9. The minimum Gasteiger partial charge on any atom is -0.308 e. The number of benzene rings is 4. The smallest absolute Gasteiger partial charge is 0.308 e. The Morgan fingerprint density at radius 1 is 0.500 bits per heavy atom. The number of urea groups is 2. The number of hydrogen-bond donors (Lipinski definition) is 4. The van der Waals surface area contributed by atoms with Crippen LogP contribution >= 0.6 is 46.4 Å². The largest absolute Gasteiger partial charge is 0.323 e. The Balaban J connectivity index is 1.41. The zero-order valence-electron chi connectivity index (χ0n) is 20.3. The molecule has 0 fully saturated rings. The van der Waals surface area contributed by atoms with E-state index in [1.807, 2.05) is 50.2 Å². The molecular weight excluding hydrogens is 566 g/mol. The van der Waals surface area contributed by atoms with Gasteiger partial charge in [0.1, 0.15) is 0 Å². The maximum Gasteiger partial charge on any atom is 0.323 e. The lowest BCUT2D eigenvalue weighted by Gasteiger charge is -2.14. The van der Waals surface area contributed by atoms with Crippen molar-refractivity contribution in [2.24, 2.45) is 0 Å². The van der Waals surface area contributed by atoms with Crippen LogP contribution < -0.4 is 21.3 Å². The summed E-state index contributed by atoms with van der Waals surface area (Å²) in [6.45, 7) is 3.82. The van der Waals surface area contributed by atoms with Gasteiger partial charge in [0.05, 0.1) is 20.1 Å². The van der Waals surface area contributed by atoms with Gasteiger partial charge in [-0.1, -0.05) is 58.5 Å². The maximum absolute atomic E-state index is 12.5. The molecule has 194 valence electrons. The molecule has 10 heteroatoms. The fraction of sp³-hybridized carbons (Fsp3) is 0.0714. The van der Waals surface area contributed by atoms with E-state index in [0.717, 1.165) is 22.3 Å². The number of hydrogen-bond acceptors (Lipinski definition) is 2. The van der Waals surface area contributed by atoms with Crippen molar-refractivity contribution < 1.29 is 9.59 Å². The highest BCUT2D eigenvalue weighted by molar-refractivity contribution is 6.42. The number of amides is 4. The summed E-state index contributed by atoms with van der Waals surface area (Å²) in [5, 5.41) is 12.7. The standard InChI is InChI=1S/C28H22Cl4N4O2/c1-15-11-17(3-9-25(15)35-27(37)33-19-5-7-21(29)23(31)13-19)18-4-10-26(16(2)12-18)36-28(38)34-20-6-8-22(30)24(32)14-20/h3-14H,1-2H3,(H2,33,35,37)(H2,34,36,38). The van der Waals surface area contributed by atoms with Gasteiger partial charge < -0.3 is 21.3 Å². The third-order valence-corrected chi connectivity index (χ3v) is 7.12. The highest BCUT2D eigenvalue weighted by atomic mass is 35.5. The van der Waals surface area contributed by atoms with Gasteiger partial charge in [-0.2, -0.15) is 0 Å². The molecule has 0 saturated heterocycles. The van der Waals surface area contributed by atoms with Crippen LogP contribution in [0, 0.1) is 13.8 Å². The van der Waals surface area contributed by atoms with E-state index in [1.54, 1.807) is 36.4 Å². The number of halogens is 4. The molecule has 0 aliphatic heterocycles. The minimum absolute atomic E-state index is 0.355. The van der Waals surface area contributed by atoms with Crippen molar-refractivity contribution in [3.63, 3.8) is 0 Å². The topological polar surface area (TPSA) is 82.3 Å². The Hall–Kier alpha value is -3.42. The molecule has 0 spiro atoms. The molecule has 4 N–H and O–H groups in total. The number of carbonyl (C=O) groups excluding carboxylic acids is 2. The Bertz CT molecular complexity index is 1430. The fourth-order valence-corrected chi connectivity index (χ4v) is 4.28. The number of carbonyl (C=O) groups is 2. The van der Waals surface area contributed by atoms with Gasteiger partial charge in [-0.25, -0.2) is 9.59 Å². The van der Waals surface area contributed by atoms with E-state index in [2.05, 4.69) is 21.3 Å². The average molecular weight is 588 g/mol. The van der Waals surface area contributed by atoms with Crippen LogP contribution in [0.4, 0.5) is 32.3 Å². The van der Waals surface area contributed by atoms with Gasteiger partial charge in [0.15, 0.2) is 0 Å². The average Bonchev–Trinajstić information content (AvgIpc) is 2.86. The van der Waals surface area contributed by atoms with Crippen LogP contribution in [0.3, 0.4) is 0 Å². The molecule has 4 rings (SSSR count). The fourth-order valence-electron chi connectivity index (χ4n) is 3.68. The summed E-state index contributed by atoms with van der Waals surface area (Å²) in [5.74, 6) is 0. The second-order valence-electron chi connectivity index (χ2n) is 8.48. The van der Waals surface area contributed by atoms with E-state index >= 15 is 0 Å². The molecule has 4 aromatic rings. The zero-order valence-corrected chi connectivity index (χ0v) is 23.3. The van der Waals surface area contributed by atoms with Crippen LogP contribution in [0.2, 0.25) is 20.1 Å². The summed E-state index contributed by atoms with van der Waals surface area (Å²) in [6, 6.07) is 20.4. The van der Waals surface area contributed by atoms with E-state index < -0.39 is 12.1 Å². The molecule has 0 aliphatic carbocycles. The predicted molar refractivity (Wildman–Crippen MR) is 160 cm³/mol. The lowest BCUT2D eigenvalue weighted by atomic mass is 10.00. The summed E-state index contributed by atoms with van der Waals surface area (Å²) in [6.07, 6.45) is 0. The number of anilines is 4. The van der Waals surface area contributed by atoms with Crippen LogP contribution in [0.25, 0.3) is 11.1 Å². The SMILES string of the molecule is Cc1cc(-c2ccc(NC(=O)Nc3ccc(Cl)c(Cl)c3)c(C)c2)ccc1NC(=O)Nc1ccc(Cl)c(Cl)c1. The molecule has 0 atom stereocenters. The third-order valence-electron chi connectivity index (χ3n) is 5.64. The Kier molecular flexibility index (Phi) is 8.69. The third kappa shape index (κ3) is 6.91. The van der Waals surface area contributed by atoms with Crippen LogP contribution in [0.5, 0.6) is 0 Å². The van der Waals surface area contributed by atoms with Crippen molar-refractivity contribution >= 4 is 81.2 Å². The molecule has 0 aromatic heterocycles. The lowest BCUT2D eigenvalue weighted by Crippen LogP contribution is -2.20. The molecule has 6 nitrogen and oxygen atoms in total. The van der Waals surface area contributed by atoms with Gasteiger partial charge in [-0.15, -0.1) is 0 Å². The van der Waals surface area contributed by atoms with Gasteiger partial charge in [0.25, 0.3) is 0 Å². The highest BCUT2D eigenvalue weighted by Gasteiger charge is 2.11.